The number of nitrogens with one attached hydrogen (secondary N) is 1. The predicted molar refractivity (Wildman–Crippen MR) is 136 cm³/mol. The summed E-state index contributed by atoms with van der Waals surface area (Å²) in [6.07, 6.45) is -2.07. The summed E-state index contributed by atoms with van der Waals surface area (Å²) in [6, 6.07) is 2.17. The number of halogens is 5. The second-order valence-corrected chi connectivity index (χ2v) is 9.74. The molecule has 0 radical (unpaired) electrons. The maximum absolute atomic E-state index is 15.1. The van der Waals surface area contributed by atoms with Gasteiger partial charge in [-0.3, -0.25) is 0 Å². The molecule has 8 nitrogen and oxygen atoms in total. The number of aliphatic hydroxyl groups is 3. The zero-order chi connectivity index (χ0) is 28.6. The van der Waals surface area contributed by atoms with Gasteiger partial charge < -0.3 is 20.6 Å². The molecule has 4 aromatic rings. The van der Waals surface area contributed by atoms with Gasteiger partial charge >= 0.3 is 0 Å². The molecule has 4 N–H and O–H groups in total. The smallest absolute Gasteiger partial charge is 0.262 e. The third-order valence-electron chi connectivity index (χ3n) is 5.96. The lowest BCUT2D eigenvalue weighted by molar-refractivity contribution is 0.0687. The Hall–Kier alpha value is -3.45. The zero-order valence-electron chi connectivity index (χ0n) is 20.9. The summed E-state index contributed by atoms with van der Waals surface area (Å²) in [4.78, 5) is 16.6. The number of rotatable bonds is 8. The highest BCUT2D eigenvalue weighted by molar-refractivity contribution is 6.35. The minimum atomic E-state index is -3.16. The number of hydrogen-bond acceptors (Lipinski definition) is 8. The number of hydrogen-bond donors (Lipinski definition) is 4. The first-order chi connectivity index (χ1) is 18.3. The van der Waals surface area contributed by atoms with Gasteiger partial charge in [0.25, 0.3) is 6.43 Å². The topological polar surface area (TPSA) is 124 Å². The number of benzene rings is 1. The molecule has 3 aromatic heterocycles. The molecule has 0 bridgehead atoms. The van der Waals surface area contributed by atoms with Crippen LogP contribution in [0.1, 0.15) is 48.6 Å². The summed E-state index contributed by atoms with van der Waals surface area (Å²) in [5.74, 6) is -1.70. The van der Waals surface area contributed by atoms with Crippen LogP contribution in [0, 0.1) is 18.6 Å². The van der Waals surface area contributed by atoms with Gasteiger partial charge in [-0.05, 0) is 38.5 Å². The number of aliphatic hydroxyl groups excluding tert-OH is 2. The fourth-order valence-corrected chi connectivity index (χ4v) is 4.09. The van der Waals surface area contributed by atoms with Gasteiger partial charge in [0.15, 0.2) is 11.6 Å². The molecule has 2 atom stereocenters. The highest BCUT2D eigenvalue weighted by Crippen LogP contribution is 2.38. The second kappa shape index (κ2) is 11.0. The highest BCUT2D eigenvalue weighted by Gasteiger charge is 2.29. The lowest BCUT2D eigenvalue weighted by Crippen LogP contribution is -2.22. The molecule has 13 heteroatoms. The molecule has 3 heterocycles. The van der Waals surface area contributed by atoms with Crippen LogP contribution in [0.15, 0.2) is 36.7 Å². The van der Waals surface area contributed by atoms with E-state index in [-0.39, 0.29) is 50.1 Å². The number of anilines is 1. The van der Waals surface area contributed by atoms with E-state index < -0.39 is 48.0 Å². The molecule has 0 amide bonds. The van der Waals surface area contributed by atoms with Crippen molar-refractivity contribution in [3.8, 4) is 11.3 Å². The minimum absolute atomic E-state index is 0.00683. The van der Waals surface area contributed by atoms with Crippen LogP contribution in [0.5, 0.6) is 0 Å². The van der Waals surface area contributed by atoms with Crippen LogP contribution in [0.4, 0.5) is 23.2 Å². The highest BCUT2D eigenvalue weighted by atomic mass is 35.5. The Balaban J connectivity index is 1.86. The number of alkyl halides is 2. The molecule has 0 fully saturated rings. The van der Waals surface area contributed by atoms with E-state index in [9.17, 15) is 28.5 Å². The summed E-state index contributed by atoms with van der Waals surface area (Å²) >= 11 is 6.44. The standard InChI is InChI=1S/C26H24ClF4N5O3/c1-11-19(27)23(36-21(24(30)31)14-6-12(18(38)10-37)4-5-15(14)28)22-17(34-11)7-16(29)20(35-22)13-8-32-25(33-9-13)26(2,3)39/h4-9,18,21,24,37-39H,10H2,1-3H3,(H,34,36)/t18?,21-/m0/s1. The quantitative estimate of drug-likeness (QED) is 0.220. The van der Waals surface area contributed by atoms with Crippen LogP contribution < -0.4 is 5.32 Å². The molecule has 1 aromatic carbocycles. The van der Waals surface area contributed by atoms with Gasteiger partial charge in [-0.2, -0.15) is 0 Å². The molecular weight excluding hydrogens is 542 g/mol. The summed E-state index contributed by atoms with van der Waals surface area (Å²) in [6.45, 7) is 3.75. The first kappa shape index (κ1) is 28.6. The lowest BCUT2D eigenvalue weighted by atomic mass is 10.00. The van der Waals surface area contributed by atoms with Crippen molar-refractivity contribution in [1.82, 2.24) is 19.9 Å². The molecule has 1 unspecified atom stereocenters. The van der Waals surface area contributed by atoms with E-state index in [4.69, 9.17) is 11.6 Å². The first-order valence-electron chi connectivity index (χ1n) is 11.7. The normalized spacial score (nSPS) is 13.6. The van der Waals surface area contributed by atoms with E-state index in [2.05, 4.69) is 25.3 Å². The monoisotopic (exact) mass is 565 g/mol. The third-order valence-corrected chi connectivity index (χ3v) is 6.42. The van der Waals surface area contributed by atoms with Gasteiger partial charge in [0.05, 0.1) is 28.5 Å². The maximum atomic E-state index is 15.1. The minimum Gasteiger partial charge on any atom is -0.393 e. The maximum Gasteiger partial charge on any atom is 0.262 e. The molecule has 0 spiro atoms. The summed E-state index contributed by atoms with van der Waals surface area (Å²) in [7, 11) is 0. The van der Waals surface area contributed by atoms with Crippen LogP contribution >= 0.6 is 11.6 Å². The first-order valence-corrected chi connectivity index (χ1v) is 12.0. The van der Waals surface area contributed by atoms with Crippen LogP contribution in [-0.4, -0.2) is 48.3 Å². The summed E-state index contributed by atoms with van der Waals surface area (Å²) in [5.41, 5.74) is -1.96. The van der Waals surface area contributed by atoms with Crippen molar-refractivity contribution in [3.05, 3.63) is 76.0 Å². The Labute approximate surface area is 225 Å². The van der Waals surface area contributed by atoms with E-state index in [0.29, 0.717) is 0 Å². The second-order valence-electron chi connectivity index (χ2n) is 9.36. The van der Waals surface area contributed by atoms with Gasteiger partial charge in [0, 0.05) is 29.6 Å². The van der Waals surface area contributed by atoms with Crippen molar-refractivity contribution in [3.63, 3.8) is 0 Å². The van der Waals surface area contributed by atoms with Crippen molar-refractivity contribution >= 4 is 28.3 Å². The Morgan fingerprint density at radius 2 is 1.72 bits per heavy atom. The zero-order valence-corrected chi connectivity index (χ0v) is 21.7. The number of aromatic nitrogens is 4. The average Bonchev–Trinajstić information content (AvgIpc) is 2.88. The predicted octanol–water partition coefficient (Wildman–Crippen LogP) is 5.00. The Morgan fingerprint density at radius 1 is 1.05 bits per heavy atom. The Morgan fingerprint density at radius 3 is 2.31 bits per heavy atom. The number of aryl methyl sites for hydroxylation is 1. The van der Waals surface area contributed by atoms with Crippen molar-refractivity contribution in [2.75, 3.05) is 11.9 Å². The molecule has 0 saturated heterocycles. The number of fused-ring (bicyclic) bond motifs is 1. The summed E-state index contributed by atoms with van der Waals surface area (Å²) < 4.78 is 58.5. The SMILES string of the molecule is Cc1nc2cc(F)c(-c3cnc(C(C)(C)O)nc3)nc2c(N[C@@H](c2cc(C(O)CO)ccc2F)C(F)F)c1Cl. The van der Waals surface area contributed by atoms with Crippen LogP contribution in [-0.2, 0) is 5.60 Å². The van der Waals surface area contributed by atoms with Crippen molar-refractivity contribution < 1.29 is 32.9 Å². The fraction of sp³-hybridized carbons (Fsp3) is 0.308. The van der Waals surface area contributed by atoms with Crippen LogP contribution in [0.2, 0.25) is 5.02 Å². The van der Waals surface area contributed by atoms with Crippen LogP contribution in [0.25, 0.3) is 22.3 Å². The van der Waals surface area contributed by atoms with Gasteiger partial charge in [-0.25, -0.2) is 37.5 Å². The van der Waals surface area contributed by atoms with Gasteiger partial charge in [-0.1, -0.05) is 17.7 Å². The molecule has 0 aliphatic rings. The van der Waals surface area contributed by atoms with Crippen molar-refractivity contribution in [1.29, 1.82) is 0 Å². The van der Waals surface area contributed by atoms with Gasteiger partial charge in [0.2, 0.25) is 0 Å². The largest absolute Gasteiger partial charge is 0.393 e. The molecule has 206 valence electrons. The van der Waals surface area contributed by atoms with E-state index >= 15 is 4.39 Å². The summed E-state index contributed by atoms with van der Waals surface area (Å²) in [5, 5.41) is 31.7. The molecule has 0 saturated carbocycles. The number of nitrogens with zero attached hydrogens (tertiary/aromatic N) is 4. The van der Waals surface area contributed by atoms with Gasteiger partial charge in [0.1, 0.15) is 34.8 Å². The van der Waals surface area contributed by atoms with Crippen LogP contribution in [0.3, 0.4) is 0 Å². The molecular formula is C26H24ClF4N5O3. The van der Waals surface area contributed by atoms with E-state index in [1.807, 2.05) is 0 Å². The van der Waals surface area contributed by atoms with E-state index in [0.717, 1.165) is 18.2 Å². The Bertz CT molecular complexity index is 1520. The third kappa shape index (κ3) is 5.78. The lowest BCUT2D eigenvalue weighted by Gasteiger charge is -2.23. The van der Waals surface area contributed by atoms with Crippen molar-refractivity contribution in [2.24, 2.45) is 0 Å². The van der Waals surface area contributed by atoms with Gasteiger partial charge in [-0.15, -0.1) is 0 Å². The fourth-order valence-electron chi connectivity index (χ4n) is 3.91. The number of pyridine rings is 2. The molecule has 4 rings (SSSR count). The average molecular weight is 566 g/mol. The molecule has 39 heavy (non-hydrogen) atoms. The van der Waals surface area contributed by atoms with E-state index in [1.54, 1.807) is 0 Å². The molecule has 0 aliphatic carbocycles. The Kier molecular flexibility index (Phi) is 8.03. The molecule has 0 aliphatic heterocycles. The van der Waals surface area contributed by atoms with E-state index in [1.165, 1.54) is 39.2 Å². The van der Waals surface area contributed by atoms with Crippen molar-refractivity contribution in [2.45, 2.75) is 44.9 Å².